The Balaban J connectivity index is 2.06. The zero-order valence-corrected chi connectivity index (χ0v) is 12.6. The molecule has 1 N–H and O–H groups in total. The number of hydrogen-bond donors (Lipinski definition) is 1. The molecule has 112 valence electrons. The molecule has 1 unspecified atom stereocenters. The van der Waals surface area contributed by atoms with E-state index in [1.54, 1.807) is 6.07 Å². The lowest BCUT2D eigenvalue weighted by Crippen LogP contribution is -2.46. The zero-order chi connectivity index (χ0) is 14.4. The second kappa shape index (κ2) is 7.84. The molecular formula is C15H22F2N2S. The number of nitrogens with one attached hydrogen (secondary N) is 1. The fourth-order valence-electron chi connectivity index (χ4n) is 2.63. The minimum absolute atomic E-state index is 0.466. The summed E-state index contributed by atoms with van der Waals surface area (Å²) in [6.07, 6.45) is 3.39. The Morgan fingerprint density at radius 3 is 2.95 bits per heavy atom. The maximum Gasteiger partial charge on any atom is 0.288 e. The summed E-state index contributed by atoms with van der Waals surface area (Å²) in [5, 5.41) is 3.53. The monoisotopic (exact) mass is 300 g/mol. The van der Waals surface area contributed by atoms with Crippen LogP contribution in [0.2, 0.25) is 0 Å². The minimum Gasteiger partial charge on any atom is -0.369 e. The molecular weight excluding hydrogens is 278 g/mol. The number of alkyl halides is 2. The van der Waals surface area contributed by atoms with Crippen molar-refractivity contribution in [2.75, 3.05) is 24.5 Å². The number of benzene rings is 1. The number of thioether (sulfide) groups is 1. The number of halogens is 2. The van der Waals surface area contributed by atoms with Gasteiger partial charge in [-0.15, -0.1) is 0 Å². The maximum atomic E-state index is 12.6. The fraction of sp³-hybridized carbons (Fsp3) is 0.600. The summed E-state index contributed by atoms with van der Waals surface area (Å²) >= 11 is 0.642. The third kappa shape index (κ3) is 4.35. The van der Waals surface area contributed by atoms with Crippen LogP contribution in [0.25, 0.3) is 0 Å². The molecule has 2 rings (SSSR count). The van der Waals surface area contributed by atoms with Crippen molar-refractivity contribution in [2.24, 2.45) is 0 Å². The van der Waals surface area contributed by atoms with Gasteiger partial charge in [-0.3, -0.25) is 0 Å². The summed E-state index contributed by atoms with van der Waals surface area (Å²) in [6, 6.07) is 7.95. The van der Waals surface area contributed by atoms with Crippen molar-refractivity contribution >= 4 is 17.4 Å². The van der Waals surface area contributed by atoms with Crippen LogP contribution >= 0.6 is 11.8 Å². The van der Waals surface area contributed by atoms with E-state index in [9.17, 15) is 8.78 Å². The van der Waals surface area contributed by atoms with E-state index in [0.717, 1.165) is 38.2 Å². The van der Waals surface area contributed by atoms with Gasteiger partial charge in [0.15, 0.2) is 0 Å². The van der Waals surface area contributed by atoms with Gasteiger partial charge in [0.2, 0.25) is 0 Å². The molecule has 1 aromatic rings. The average Bonchev–Trinajstić information content (AvgIpc) is 2.45. The van der Waals surface area contributed by atoms with Crippen molar-refractivity contribution in [3.63, 3.8) is 0 Å². The molecule has 0 bridgehead atoms. The van der Waals surface area contributed by atoms with Gasteiger partial charge in [0.05, 0.1) is 5.69 Å². The average molecular weight is 300 g/mol. The molecule has 1 fully saturated rings. The van der Waals surface area contributed by atoms with Gasteiger partial charge in [-0.1, -0.05) is 30.8 Å². The van der Waals surface area contributed by atoms with Crippen LogP contribution < -0.4 is 10.2 Å². The van der Waals surface area contributed by atoms with E-state index in [-0.39, 0.29) is 0 Å². The van der Waals surface area contributed by atoms with Gasteiger partial charge in [0.1, 0.15) is 0 Å². The highest BCUT2D eigenvalue weighted by atomic mass is 32.2. The van der Waals surface area contributed by atoms with Crippen LogP contribution in [0.1, 0.15) is 26.2 Å². The Morgan fingerprint density at radius 2 is 2.20 bits per heavy atom. The van der Waals surface area contributed by atoms with Crippen LogP contribution in [-0.4, -0.2) is 31.4 Å². The molecule has 0 radical (unpaired) electrons. The van der Waals surface area contributed by atoms with E-state index in [2.05, 4.69) is 17.1 Å². The lowest BCUT2D eigenvalue weighted by atomic mass is 10.0. The Morgan fingerprint density at radius 1 is 1.40 bits per heavy atom. The summed E-state index contributed by atoms with van der Waals surface area (Å²) in [7, 11) is 0. The van der Waals surface area contributed by atoms with Crippen molar-refractivity contribution in [3.8, 4) is 0 Å². The van der Waals surface area contributed by atoms with Crippen molar-refractivity contribution in [2.45, 2.75) is 42.9 Å². The van der Waals surface area contributed by atoms with Gasteiger partial charge in [-0.05, 0) is 37.9 Å². The summed E-state index contributed by atoms with van der Waals surface area (Å²) in [5.41, 5.74) is 0.945. The van der Waals surface area contributed by atoms with Crippen LogP contribution in [0.4, 0.5) is 14.5 Å². The van der Waals surface area contributed by atoms with E-state index >= 15 is 0 Å². The highest BCUT2D eigenvalue weighted by molar-refractivity contribution is 7.99. The Bertz CT molecular complexity index is 415. The molecule has 1 heterocycles. The van der Waals surface area contributed by atoms with Crippen LogP contribution in [0.5, 0.6) is 0 Å². The molecule has 0 amide bonds. The number of para-hydroxylation sites is 1. The molecule has 1 atom stereocenters. The molecule has 0 spiro atoms. The standard InChI is InChI=1S/C15H22F2N2S/c1-2-9-18-12-6-5-10-19(11-12)13-7-3-4-8-14(13)20-15(16)17/h3-4,7-8,12,15,18H,2,5-6,9-11H2,1H3. The predicted octanol–water partition coefficient (Wildman–Crippen LogP) is 3.97. The van der Waals surface area contributed by atoms with E-state index in [1.165, 1.54) is 6.42 Å². The molecule has 1 aromatic carbocycles. The van der Waals surface area contributed by atoms with Crippen LogP contribution in [0, 0.1) is 0 Å². The summed E-state index contributed by atoms with van der Waals surface area (Å²) in [5.74, 6) is -2.37. The number of hydrogen-bond acceptors (Lipinski definition) is 3. The normalized spacial score (nSPS) is 19.6. The van der Waals surface area contributed by atoms with Gasteiger partial charge in [0.25, 0.3) is 5.76 Å². The van der Waals surface area contributed by atoms with E-state index in [0.29, 0.717) is 22.7 Å². The maximum absolute atomic E-state index is 12.6. The van der Waals surface area contributed by atoms with Gasteiger partial charge in [-0.2, -0.15) is 8.78 Å². The molecule has 0 aromatic heterocycles. The lowest BCUT2D eigenvalue weighted by molar-refractivity contribution is 0.252. The molecule has 1 aliphatic heterocycles. The van der Waals surface area contributed by atoms with Gasteiger partial charge in [-0.25, -0.2) is 0 Å². The second-order valence-electron chi connectivity index (χ2n) is 5.09. The summed E-state index contributed by atoms with van der Waals surface area (Å²) in [4.78, 5) is 2.92. The highest BCUT2D eigenvalue weighted by Crippen LogP contribution is 2.35. The SMILES string of the molecule is CCCNC1CCCN(c2ccccc2SC(F)F)C1. The summed E-state index contributed by atoms with van der Waals surface area (Å²) in [6.45, 7) is 5.03. The minimum atomic E-state index is -2.37. The number of nitrogens with zero attached hydrogens (tertiary/aromatic N) is 1. The second-order valence-corrected chi connectivity index (χ2v) is 6.12. The zero-order valence-electron chi connectivity index (χ0n) is 11.8. The largest absolute Gasteiger partial charge is 0.369 e. The van der Waals surface area contributed by atoms with Crippen molar-refractivity contribution in [1.29, 1.82) is 0 Å². The Labute approximate surface area is 123 Å². The van der Waals surface area contributed by atoms with Crippen molar-refractivity contribution < 1.29 is 8.78 Å². The first kappa shape index (κ1) is 15.6. The first-order valence-electron chi connectivity index (χ1n) is 7.23. The molecule has 5 heteroatoms. The molecule has 1 saturated heterocycles. The fourth-order valence-corrected chi connectivity index (χ4v) is 3.29. The summed E-state index contributed by atoms with van der Waals surface area (Å²) < 4.78 is 25.3. The number of anilines is 1. The van der Waals surface area contributed by atoms with Crippen LogP contribution in [0.15, 0.2) is 29.2 Å². The van der Waals surface area contributed by atoms with Crippen LogP contribution in [-0.2, 0) is 0 Å². The number of piperidine rings is 1. The lowest BCUT2D eigenvalue weighted by Gasteiger charge is -2.35. The molecule has 1 aliphatic rings. The van der Waals surface area contributed by atoms with E-state index < -0.39 is 5.76 Å². The smallest absolute Gasteiger partial charge is 0.288 e. The third-order valence-corrected chi connectivity index (χ3v) is 4.30. The molecule has 2 nitrogen and oxygen atoms in total. The van der Waals surface area contributed by atoms with Crippen LogP contribution in [0.3, 0.4) is 0 Å². The number of rotatable bonds is 6. The van der Waals surface area contributed by atoms with Crippen molar-refractivity contribution in [1.82, 2.24) is 5.32 Å². The molecule has 0 aliphatic carbocycles. The first-order valence-corrected chi connectivity index (χ1v) is 8.11. The Hall–Kier alpha value is -0.810. The molecule has 20 heavy (non-hydrogen) atoms. The molecule has 0 saturated carbocycles. The van der Waals surface area contributed by atoms with Gasteiger partial charge in [0, 0.05) is 24.0 Å². The van der Waals surface area contributed by atoms with Gasteiger partial charge < -0.3 is 10.2 Å². The Kier molecular flexibility index (Phi) is 6.10. The van der Waals surface area contributed by atoms with Gasteiger partial charge >= 0.3 is 0 Å². The predicted molar refractivity (Wildman–Crippen MR) is 81.8 cm³/mol. The topological polar surface area (TPSA) is 15.3 Å². The first-order chi connectivity index (χ1) is 9.70. The third-order valence-electron chi connectivity index (χ3n) is 3.53. The highest BCUT2D eigenvalue weighted by Gasteiger charge is 2.22. The van der Waals surface area contributed by atoms with Crippen molar-refractivity contribution in [3.05, 3.63) is 24.3 Å². The van der Waals surface area contributed by atoms with E-state index in [1.807, 2.05) is 18.2 Å². The quantitative estimate of drug-likeness (QED) is 0.800. The van der Waals surface area contributed by atoms with E-state index in [4.69, 9.17) is 0 Å².